The zero-order valence-corrected chi connectivity index (χ0v) is 14.1. The van der Waals surface area contributed by atoms with Gasteiger partial charge in [-0.25, -0.2) is 8.42 Å². The Balaban J connectivity index is 2.03. The molecule has 1 saturated heterocycles. The summed E-state index contributed by atoms with van der Waals surface area (Å²) in [4.78, 5) is 13.9. The van der Waals surface area contributed by atoms with Gasteiger partial charge in [-0.2, -0.15) is 4.31 Å². The molecule has 2 rings (SSSR count). The van der Waals surface area contributed by atoms with Crippen molar-refractivity contribution in [2.45, 2.75) is 30.9 Å². The molecule has 0 bridgehead atoms. The Hall–Kier alpha value is -0.920. The van der Waals surface area contributed by atoms with Crippen molar-refractivity contribution < 1.29 is 13.2 Å². The lowest BCUT2D eigenvalue weighted by Crippen LogP contribution is -2.37. The molecule has 1 aromatic heterocycles. The maximum Gasteiger partial charge on any atom is 0.252 e. The summed E-state index contributed by atoms with van der Waals surface area (Å²) < 4.78 is 26.9. The Morgan fingerprint density at radius 1 is 1.29 bits per heavy atom. The highest BCUT2D eigenvalue weighted by molar-refractivity contribution is 7.91. The van der Waals surface area contributed by atoms with Crippen molar-refractivity contribution in [3.05, 3.63) is 17.5 Å². The molecule has 0 aliphatic carbocycles. The van der Waals surface area contributed by atoms with Gasteiger partial charge in [-0.15, -0.1) is 11.3 Å². The number of sulfonamides is 1. The molecule has 1 aromatic rings. The number of rotatable bonds is 4. The molecule has 0 radical (unpaired) electrons. The summed E-state index contributed by atoms with van der Waals surface area (Å²) >= 11 is 1.24. The minimum atomic E-state index is -3.40. The van der Waals surface area contributed by atoms with E-state index in [0.29, 0.717) is 49.1 Å². The Morgan fingerprint density at radius 3 is 2.67 bits per heavy atom. The molecule has 7 heteroatoms. The first-order valence-corrected chi connectivity index (χ1v) is 9.54. The van der Waals surface area contributed by atoms with Crippen LogP contribution in [0.5, 0.6) is 0 Å². The van der Waals surface area contributed by atoms with E-state index in [0.717, 1.165) is 0 Å². The topological polar surface area (TPSA) is 57.7 Å². The predicted molar refractivity (Wildman–Crippen MR) is 83.7 cm³/mol. The number of hydrogen-bond donors (Lipinski definition) is 0. The first kappa shape index (κ1) is 16.5. The minimum Gasteiger partial charge on any atom is -0.341 e. The molecule has 1 fully saturated rings. The second kappa shape index (κ2) is 6.89. The molecule has 118 valence electrons. The van der Waals surface area contributed by atoms with Crippen LogP contribution in [0.2, 0.25) is 0 Å². The van der Waals surface area contributed by atoms with E-state index >= 15 is 0 Å². The molecular formula is C14H22N2O3S2. The van der Waals surface area contributed by atoms with Gasteiger partial charge in [-0.1, -0.05) is 19.9 Å². The predicted octanol–water partition coefficient (Wildman–Crippen LogP) is 2.02. The zero-order valence-electron chi connectivity index (χ0n) is 12.5. The third-order valence-corrected chi connectivity index (χ3v) is 6.75. The number of thiophene rings is 1. The van der Waals surface area contributed by atoms with Crippen LogP contribution in [-0.2, 0) is 14.8 Å². The van der Waals surface area contributed by atoms with Crippen LogP contribution in [0.3, 0.4) is 0 Å². The molecular weight excluding hydrogens is 308 g/mol. The van der Waals surface area contributed by atoms with Crippen LogP contribution < -0.4 is 0 Å². The fourth-order valence-electron chi connectivity index (χ4n) is 2.40. The second-order valence-electron chi connectivity index (χ2n) is 5.67. The van der Waals surface area contributed by atoms with Crippen molar-refractivity contribution in [3.8, 4) is 0 Å². The molecule has 1 amide bonds. The van der Waals surface area contributed by atoms with Gasteiger partial charge in [0.05, 0.1) is 0 Å². The molecule has 0 unspecified atom stereocenters. The molecule has 0 aromatic carbocycles. The van der Waals surface area contributed by atoms with Gasteiger partial charge in [0.1, 0.15) is 4.21 Å². The van der Waals surface area contributed by atoms with E-state index in [4.69, 9.17) is 0 Å². The SMILES string of the molecule is CC(C)CC(=O)N1CCCN(S(=O)(=O)c2cccs2)CC1. The Morgan fingerprint density at radius 2 is 2.05 bits per heavy atom. The number of amides is 1. The standard InChI is InChI=1S/C14H22N2O3S2/c1-12(2)11-13(17)15-6-4-7-16(9-8-15)21(18,19)14-5-3-10-20-14/h3,5,10,12H,4,6-9,11H2,1-2H3. The Kier molecular flexibility index (Phi) is 5.40. The average Bonchev–Trinajstić information content (AvgIpc) is 2.82. The molecule has 0 N–H and O–H groups in total. The second-order valence-corrected chi connectivity index (χ2v) is 8.78. The number of carbonyl (C=O) groups excluding carboxylic acids is 1. The van der Waals surface area contributed by atoms with Gasteiger partial charge in [0.2, 0.25) is 5.91 Å². The lowest BCUT2D eigenvalue weighted by Gasteiger charge is -2.22. The third-order valence-electron chi connectivity index (χ3n) is 3.48. The highest BCUT2D eigenvalue weighted by Crippen LogP contribution is 2.22. The summed E-state index contributed by atoms with van der Waals surface area (Å²) in [6, 6.07) is 3.38. The van der Waals surface area contributed by atoms with E-state index in [-0.39, 0.29) is 5.91 Å². The van der Waals surface area contributed by atoms with Crippen LogP contribution in [-0.4, -0.2) is 49.7 Å². The van der Waals surface area contributed by atoms with Gasteiger partial charge >= 0.3 is 0 Å². The smallest absolute Gasteiger partial charge is 0.252 e. The molecule has 2 heterocycles. The summed E-state index contributed by atoms with van der Waals surface area (Å²) in [6.45, 7) is 6.01. The molecule has 21 heavy (non-hydrogen) atoms. The summed E-state index contributed by atoms with van der Waals surface area (Å²) in [5, 5.41) is 1.77. The zero-order chi connectivity index (χ0) is 15.5. The van der Waals surface area contributed by atoms with Crippen molar-refractivity contribution in [1.29, 1.82) is 0 Å². The maximum absolute atomic E-state index is 12.5. The van der Waals surface area contributed by atoms with Crippen LogP contribution in [0.15, 0.2) is 21.7 Å². The van der Waals surface area contributed by atoms with Crippen LogP contribution >= 0.6 is 11.3 Å². The first-order valence-electron chi connectivity index (χ1n) is 7.22. The molecule has 0 saturated carbocycles. The molecule has 5 nitrogen and oxygen atoms in total. The molecule has 0 atom stereocenters. The summed E-state index contributed by atoms with van der Waals surface area (Å²) in [7, 11) is -3.40. The maximum atomic E-state index is 12.5. The van der Waals surface area contributed by atoms with E-state index < -0.39 is 10.0 Å². The van der Waals surface area contributed by atoms with Crippen molar-refractivity contribution in [1.82, 2.24) is 9.21 Å². The van der Waals surface area contributed by atoms with Crippen molar-refractivity contribution >= 4 is 27.3 Å². The highest BCUT2D eigenvalue weighted by Gasteiger charge is 2.28. The summed E-state index contributed by atoms with van der Waals surface area (Å²) in [6.07, 6.45) is 1.21. The van der Waals surface area contributed by atoms with Gasteiger partial charge in [0.15, 0.2) is 0 Å². The van der Waals surface area contributed by atoms with Gasteiger partial charge in [-0.3, -0.25) is 4.79 Å². The van der Waals surface area contributed by atoms with E-state index in [1.165, 1.54) is 15.6 Å². The molecule has 1 aliphatic heterocycles. The number of carbonyl (C=O) groups is 1. The van der Waals surface area contributed by atoms with Gasteiger partial charge in [-0.05, 0) is 23.8 Å². The lowest BCUT2D eigenvalue weighted by atomic mass is 10.1. The van der Waals surface area contributed by atoms with Gasteiger partial charge in [0, 0.05) is 32.6 Å². The van der Waals surface area contributed by atoms with Crippen molar-refractivity contribution in [2.75, 3.05) is 26.2 Å². The van der Waals surface area contributed by atoms with Crippen LogP contribution in [0, 0.1) is 5.92 Å². The monoisotopic (exact) mass is 330 g/mol. The quantitative estimate of drug-likeness (QED) is 0.848. The van der Waals surface area contributed by atoms with E-state index in [2.05, 4.69) is 0 Å². The van der Waals surface area contributed by atoms with Crippen LogP contribution in [0.4, 0.5) is 0 Å². The fraction of sp³-hybridized carbons (Fsp3) is 0.643. The average molecular weight is 330 g/mol. The largest absolute Gasteiger partial charge is 0.341 e. The summed E-state index contributed by atoms with van der Waals surface area (Å²) in [5.74, 6) is 0.451. The number of nitrogens with zero attached hydrogens (tertiary/aromatic N) is 2. The van der Waals surface area contributed by atoms with E-state index in [1.807, 2.05) is 13.8 Å². The van der Waals surface area contributed by atoms with Gasteiger partial charge < -0.3 is 4.90 Å². The van der Waals surface area contributed by atoms with Crippen LogP contribution in [0.1, 0.15) is 26.7 Å². The first-order chi connectivity index (χ1) is 9.91. The van der Waals surface area contributed by atoms with E-state index in [1.54, 1.807) is 22.4 Å². The van der Waals surface area contributed by atoms with Crippen LogP contribution in [0.25, 0.3) is 0 Å². The highest BCUT2D eigenvalue weighted by atomic mass is 32.2. The fourth-order valence-corrected chi connectivity index (χ4v) is 5.01. The van der Waals surface area contributed by atoms with Crippen molar-refractivity contribution in [3.63, 3.8) is 0 Å². The number of hydrogen-bond acceptors (Lipinski definition) is 4. The third kappa shape index (κ3) is 4.05. The normalized spacial score (nSPS) is 18.0. The van der Waals surface area contributed by atoms with Crippen molar-refractivity contribution in [2.24, 2.45) is 5.92 Å². The lowest BCUT2D eigenvalue weighted by molar-refractivity contribution is -0.131. The van der Waals surface area contributed by atoms with E-state index in [9.17, 15) is 13.2 Å². The molecule has 1 aliphatic rings. The Labute approximate surface area is 130 Å². The minimum absolute atomic E-state index is 0.125. The summed E-state index contributed by atoms with van der Waals surface area (Å²) in [5.41, 5.74) is 0. The Bertz CT molecular complexity index is 567. The van der Waals surface area contributed by atoms with Gasteiger partial charge in [0.25, 0.3) is 10.0 Å². The molecule has 0 spiro atoms.